The first-order chi connectivity index (χ1) is 5.33. The maximum Gasteiger partial charge on any atom is 0.426 e. The maximum absolute atomic E-state index is 10.7. The van der Waals surface area contributed by atoms with Crippen molar-refractivity contribution < 1.29 is 9.63 Å². The summed E-state index contributed by atoms with van der Waals surface area (Å²) in [6.45, 7) is 3.26. The lowest BCUT2D eigenvalue weighted by atomic mass is 10.4. The standard InChI is InChI=1S/C6H13N3O2/c1-7-6(10)11-9-4-2-8-3-5-9/h8H,2-5H2,1H3,(H,7,10). The number of amides is 1. The van der Waals surface area contributed by atoms with Crippen LogP contribution in [-0.2, 0) is 4.84 Å². The molecule has 0 atom stereocenters. The zero-order valence-electron chi connectivity index (χ0n) is 6.59. The number of carbonyl (C=O) groups is 1. The zero-order valence-corrected chi connectivity index (χ0v) is 6.59. The van der Waals surface area contributed by atoms with E-state index in [-0.39, 0.29) is 0 Å². The third-order valence-electron chi connectivity index (χ3n) is 1.49. The summed E-state index contributed by atoms with van der Waals surface area (Å²) in [7, 11) is 1.55. The predicted molar refractivity (Wildman–Crippen MR) is 40.0 cm³/mol. The quantitative estimate of drug-likeness (QED) is 0.524. The van der Waals surface area contributed by atoms with Gasteiger partial charge < -0.3 is 15.5 Å². The van der Waals surface area contributed by atoms with Gasteiger partial charge >= 0.3 is 6.09 Å². The average molecular weight is 159 g/mol. The summed E-state index contributed by atoms with van der Waals surface area (Å²) in [6, 6.07) is 0. The highest BCUT2D eigenvalue weighted by Crippen LogP contribution is 1.92. The molecule has 1 aliphatic heterocycles. The van der Waals surface area contributed by atoms with Crippen molar-refractivity contribution in [3.8, 4) is 0 Å². The minimum atomic E-state index is -0.396. The van der Waals surface area contributed by atoms with Crippen molar-refractivity contribution >= 4 is 6.09 Å². The van der Waals surface area contributed by atoms with Crippen LogP contribution in [0.2, 0.25) is 0 Å². The summed E-state index contributed by atoms with van der Waals surface area (Å²) in [5, 5.41) is 7.19. The van der Waals surface area contributed by atoms with Gasteiger partial charge in [-0.15, -0.1) is 5.06 Å². The van der Waals surface area contributed by atoms with Gasteiger partial charge in [-0.3, -0.25) is 0 Å². The topological polar surface area (TPSA) is 53.6 Å². The molecule has 1 fully saturated rings. The van der Waals surface area contributed by atoms with E-state index in [4.69, 9.17) is 4.84 Å². The molecule has 1 saturated heterocycles. The third kappa shape index (κ3) is 2.73. The van der Waals surface area contributed by atoms with Gasteiger partial charge in [0.1, 0.15) is 0 Å². The number of piperazine rings is 1. The van der Waals surface area contributed by atoms with E-state index in [0.29, 0.717) is 0 Å². The Bertz CT molecular complexity index is 134. The van der Waals surface area contributed by atoms with E-state index in [1.165, 1.54) is 0 Å². The van der Waals surface area contributed by atoms with E-state index in [1.54, 1.807) is 12.1 Å². The number of nitrogens with zero attached hydrogens (tertiary/aromatic N) is 1. The Kier molecular flexibility index (Phi) is 3.13. The monoisotopic (exact) mass is 159 g/mol. The molecule has 0 saturated carbocycles. The lowest BCUT2D eigenvalue weighted by Crippen LogP contribution is -2.45. The summed E-state index contributed by atoms with van der Waals surface area (Å²) >= 11 is 0. The van der Waals surface area contributed by atoms with Crippen LogP contribution in [0.4, 0.5) is 4.79 Å². The second-order valence-electron chi connectivity index (χ2n) is 2.31. The van der Waals surface area contributed by atoms with Gasteiger partial charge in [-0.1, -0.05) is 0 Å². The fourth-order valence-corrected chi connectivity index (χ4v) is 0.899. The van der Waals surface area contributed by atoms with E-state index >= 15 is 0 Å². The molecule has 11 heavy (non-hydrogen) atoms. The highest BCUT2D eigenvalue weighted by atomic mass is 16.7. The van der Waals surface area contributed by atoms with Gasteiger partial charge in [0.05, 0.1) is 0 Å². The predicted octanol–water partition coefficient (Wildman–Crippen LogP) is -0.837. The third-order valence-corrected chi connectivity index (χ3v) is 1.49. The molecule has 0 bridgehead atoms. The Hall–Kier alpha value is -0.810. The second-order valence-corrected chi connectivity index (χ2v) is 2.31. The summed E-state index contributed by atoms with van der Waals surface area (Å²) < 4.78 is 0. The Labute approximate surface area is 65.6 Å². The van der Waals surface area contributed by atoms with Crippen molar-refractivity contribution in [2.45, 2.75) is 0 Å². The summed E-state index contributed by atoms with van der Waals surface area (Å²) in [5.74, 6) is 0. The summed E-state index contributed by atoms with van der Waals surface area (Å²) in [6.07, 6.45) is -0.396. The number of hydroxylamine groups is 2. The first-order valence-corrected chi connectivity index (χ1v) is 3.68. The van der Waals surface area contributed by atoms with Crippen LogP contribution in [0.1, 0.15) is 0 Å². The lowest BCUT2D eigenvalue weighted by molar-refractivity contribution is -0.105. The van der Waals surface area contributed by atoms with Crippen LogP contribution in [0.15, 0.2) is 0 Å². The van der Waals surface area contributed by atoms with E-state index in [1.807, 2.05) is 0 Å². The van der Waals surface area contributed by atoms with Crippen LogP contribution in [0, 0.1) is 0 Å². The Morgan fingerprint density at radius 3 is 2.73 bits per heavy atom. The molecule has 0 aromatic carbocycles. The SMILES string of the molecule is CNC(=O)ON1CCNCC1. The van der Waals surface area contributed by atoms with Gasteiger partial charge in [0, 0.05) is 33.2 Å². The minimum Gasteiger partial charge on any atom is -0.351 e. The number of nitrogens with one attached hydrogen (secondary N) is 2. The van der Waals surface area contributed by atoms with E-state index in [0.717, 1.165) is 26.2 Å². The van der Waals surface area contributed by atoms with Gasteiger partial charge in [0.15, 0.2) is 0 Å². The number of hydrogen-bond donors (Lipinski definition) is 2. The highest BCUT2D eigenvalue weighted by molar-refractivity contribution is 5.66. The fraction of sp³-hybridized carbons (Fsp3) is 0.833. The normalized spacial score (nSPS) is 19.4. The Balaban J connectivity index is 2.19. The minimum absolute atomic E-state index is 0.396. The summed E-state index contributed by atoms with van der Waals surface area (Å²) in [4.78, 5) is 15.6. The molecule has 0 aliphatic carbocycles. The van der Waals surface area contributed by atoms with Crippen LogP contribution in [-0.4, -0.2) is 44.4 Å². The molecule has 1 aliphatic rings. The van der Waals surface area contributed by atoms with E-state index in [2.05, 4.69) is 10.6 Å². The molecule has 1 heterocycles. The molecule has 64 valence electrons. The maximum atomic E-state index is 10.7. The molecular weight excluding hydrogens is 146 g/mol. The second kappa shape index (κ2) is 4.15. The number of hydrogen-bond acceptors (Lipinski definition) is 4. The van der Waals surface area contributed by atoms with Crippen LogP contribution in [0.25, 0.3) is 0 Å². The van der Waals surface area contributed by atoms with Gasteiger partial charge in [-0.25, -0.2) is 4.79 Å². The van der Waals surface area contributed by atoms with Crippen LogP contribution in [0.3, 0.4) is 0 Å². The van der Waals surface area contributed by atoms with Crippen molar-refractivity contribution in [1.82, 2.24) is 15.7 Å². The Morgan fingerprint density at radius 1 is 1.55 bits per heavy atom. The molecule has 5 nitrogen and oxygen atoms in total. The number of rotatable bonds is 1. The van der Waals surface area contributed by atoms with E-state index < -0.39 is 6.09 Å². The van der Waals surface area contributed by atoms with Gasteiger partial charge in [-0.05, 0) is 0 Å². The van der Waals surface area contributed by atoms with Crippen LogP contribution < -0.4 is 10.6 Å². The van der Waals surface area contributed by atoms with Crippen molar-refractivity contribution in [3.63, 3.8) is 0 Å². The van der Waals surface area contributed by atoms with Gasteiger partial charge in [0.2, 0.25) is 0 Å². The molecule has 2 N–H and O–H groups in total. The van der Waals surface area contributed by atoms with Crippen molar-refractivity contribution in [1.29, 1.82) is 0 Å². The largest absolute Gasteiger partial charge is 0.426 e. The molecule has 0 unspecified atom stereocenters. The molecular formula is C6H13N3O2. The molecule has 5 heteroatoms. The van der Waals surface area contributed by atoms with Gasteiger partial charge in [-0.2, -0.15) is 0 Å². The number of carbonyl (C=O) groups excluding carboxylic acids is 1. The molecule has 1 amide bonds. The lowest BCUT2D eigenvalue weighted by Gasteiger charge is -2.25. The smallest absolute Gasteiger partial charge is 0.351 e. The average Bonchev–Trinajstić information content (AvgIpc) is 2.06. The van der Waals surface area contributed by atoms with Crippen molar-refractivity contribution in [2.24, 2.45) is 0 Å². The van der Waals surface area contributed by atoms with Crippen molar-refractivity contribution in [3.05, 3.63) is 0 Å². The van der Waals surface area contributed by atoms with Crippen LogP contribution in [0.5, 0.6) is 0 Å². The molecule has 0 radical (unpaired) electrons. The van der Waals surface area contributed by atoms with Crippen LogP contribution >= 0.6 is 0 Å². The van der Waals surface area contributed by atoms with E-state index in [9.17, 15) is 4.79 Å². The fourth-order valence-electron chi connectivity index (χ4n) is 0.899. The molecule has 0 aromatic heterocycles. The molecule has 1 rings (SSSR count). The zero-order chi connectivity index (χ0) is 8.10. The first-order valence-electron chi connectivity index (χ1n) is 3.68. The molecule has 0 spiro atoms. The summed E-state index contributed by atoms with van der Waals surface area (Å²) in [5.41, 5.74) is 0. The highest BCUT2D eigenvalue weighted by Gasteiger charge is 2.12. The first kappa shape index (κ1) is 8.29. The molecule has 0 aromatic rings. The van der Waals surface area contributed by atoms with Gasteiger partial charge in [0.25, 0.3) is 0 Å². The van der Waals surface area contributed by atoms with Crippen molar-refractivity contribution in [2.75, 3.05) is 33.2 Å². The Morgan fingerprint density at radius 2 is 2.18 bits per heavy atom.